The molecule has 0 spiro atoms. The molecule has 3 rings (SSSR count). The Labute approximate surface area is 137 Å². The van der Waals surface area contributed by atoms with Gasteiger partial charge in [0.1, 0.15) is 5.82 Å². The Morgan fingerprint density at radius 2 is 1.85 bits per heavy atom. The molecule has 0 bridgehead atoms. The van der Waals surface area contributed by atoms with E-state index in [1.807, 2.05) is 0 Å². The molecule has 0 saturated carbocycles. The SMILES string of the molecule is Fc1cc(-n2c(=S)[nH]c3cc(Cl)c(Cl)cc32)ccc1Br. The number of H-pyrrole nitrogens is 1. The number of fused-ring (bicyclic) bond motifs is 1. The Kier molecular flexibility index (Phi) is 3.62. The number of imidazole rings is 1. The molecule has 3 aromatic rings. The van der Waals surface area contributed by atoms with Crippen LogP contribution >= 0.6 is 51.3 Å². The van der Waals surface area contributed by atoms with Crippen LogP contribution in [0.3, 0.4) is 0 Å². The summed E-state index contributed by atoms with van der Waals surface area (Å²) in [5, 5.41) is 0.851. The van der Waals surface area contributed by atoms with Crippen LogP contribution in [0.15, 0.2) is 34.8 Å². The van der Waals surface area contributed by atoms with E-state index in [1.54, 1.807) is 28.8 Å². The number of aromatic amines is 1. The van der Waals surface area contributed by atoms with Gasteiger partial charge in [-0.1, -0.05) is 23.2 Å². The summed E-state index contributed by atoms with van der Waals surface area (Å²) in [4.78, 5) is 3.03. The van der Waals surface area contributed by atoms with Gasteiger partial charge in [0.05, 0.1) is 31.2 Å². The van der Waals surface area contributed by atoms with E-state index in [9.17, 15) is 4.39 Å². The molecule has 0 aliphatic carbocycles. The molecular formula is C13H6BrCl2FN2S. The van der Waals surface area contributed by atoms with Crippen LogP contribution in [0.5, 0.6) is 0 Å². The largest absolute Gasteiger partial charge is 0.330 e. The Bertz CT molecular complexity index is 888. The highest BCUT2D eigenvalue weighted by Crippen LogP contribution is 2.30. The van der Waals surface area contributed by atoms with Gasteiger partial charge in [-0.05, 0) is 58.5 Å². The number of nitrogens with one attached hydrogen (secondary N) is 1. The van der Waals surface area contributed by atoms with E-state index < -0.39 is 0 Å². The first-order valence-electron chi connectivity index (χ1n) is 5.52. The van der Waals surface area contributed by atoms with Crippen LogP contribution in [0, 0.1) is 10.6 Å². The molecule has 20 heavy (non-hydrogen) atoms. The topological polar surface area (TPSA) is 20.7 Å². The van der Waals surface area contributed by atoms with Crippen LogP contribution in [0.4, 0.5) is 4.39 Å². The van der Waals surface area contributed by atoms with E-state index in [0.717, 1.165) is 11.0 Å². The fourth-order valence-corrected chi connectivity index (χ4v) is 2.86. The number of nitrogens with zero attached hydrogens (tertiary/aromatic N) is 1. The van der Waals surface area contributed by atoms with Gasteiger partial charge in [-0.25, -0.2) is 4.39 Å². The van der Waals surface area contributed by atoms with Crippen molar-refractivity contribution in [3.05, 3.63) is 55.4 Å². The normalized spacial score (nSPS) is 11.2. The number of rotatable bonds is 1. The first kappa shape index (κ1) is 14.1. The van der Waals surface area contributed by atoms with Crippen molar-refractivity contribution in [3.63, 3.8) is 0 Å². The van der Waals surface area contributed by atoms with Crippen LogP contribution < -0.4 is 0 Å². The monoisotopic (exact) mass is 390 g/mol. The zero-order valence-corrected chi connectivity index (χ0v) is 13.7. The van der Waals surface area contributed by atoms with Crippen molar-refractivity contribution >= 4 is 62.4 Å². The average molecular weight is 392 g/mol. The Hall–Kier alpha value is -0.880. The highest BCUT2D eigenvalue weighted by Gasteiger charge is 2.11. The summed E-state index contributed by atoms with van der Waals surface area (Å²) in [6.07, 6.45) is 0. The van der Waals surface area contributed by atoms with Crippen molar-refractivity contribution < 1.29 is 4.39 Å². The maximum atomic E-state index is 13.7. The number of aromatic nitrogens is 2. The molecule has 0 atom stereocenters. The van der Waals surface area contributed by atoms with E-state index >= 15 is 0 Å². The van der Waals surface area contributed by atoms with Crippen LogP contribution in [0.1, 0.15) is 0 Å². The molecule has 0 aliphatic rings. The molecule has 1 aromatic heterocycles. The fourth-order valence-electron chi connectivity index (χ4n) is 1.98. The summed E-state index contributed by atoms with van der Waals surface area (Å²) in [6.45, 7) is 0. The summed E-state index contributed by atoms with van der Waals surface area (Å²) in [5.74, 6) is -0.362. The van der Waals surface area contributed by atoms with E-state index in [-0.39, 0.29) is 5.82 Å². The fraction of sp³-hybridized carbons (Fsp3) is 0. The van der Waals surface area contributed by atoms with Gasteiger partial charge >= 0.3 is 0 Å². The Morgan fingerprint density at radius 1 is 1.15 bits per heavy atom. The maximum absolute atomic E-state index is 13.7. The smallest absolute Gasteiger partial charge is 0.182 e. The van der Waals surface area contributed by atoms with Gasteiger partial charge < -0.3 is 4.98 Å². The minimum Gasteiger partial charge on any atom is -0.330 e. The molecule has 1 N–H and O–H groups in total. The third kappa shape index (κ3) is 2.29. The second kappa shape index (κ2) is 5.15. The second-order valence-corrected chi connectivity index (χ2v) is 6.20. The number of halogens is 4. The first-order valence-corrected chi connectivity index (χ1v) is 7.48. The molecule has 2 aromatic carbocycles. The van der Waals surface area contributed by atoms with Gasteiger partial charge in [0, 0.05) is 0 Å². The van der Waals surface area contributed by atoms with Crippen molar-refractivity contribution in [2.24, 2.45) is 0 Å². The number of hydrogen-bond acceptors (Lipinski definition) is 1. The lowest BCUT2D eigenvalue weighted by Gasteiger charge is -2.06. The molecule has 0 fully saturated rings. The Morgan fingerprint density at radius 3 is 2.55 bits per heavy atom. The summed E-state index contributed by atoms with van der Waals surface area (Å²) in [5.41, 5.74) is 2.10. The molecule has 7 heteroatoms. The molecule has 2 nitrogen and oxygen atoms in total. The van der Waals surface area contributed by atoms with Crippen molar-refractivity contribution in [2.45, 2.75) is 0 Å². The summed E-state index contributed by atoms with van der Waals surface area (Å²) < 4.78 is 16.2. The van der Waals surface area contributed by atoms with Crippen molar-refractivity contribution in [1.82, 2.24) is 9.55 Å². The molecule has 0 radical (unpaired) electrons. The minimum absolute atomic E-state index is 0.362. The lowest BCUT2D eigenvalue weighted by Crippen LogP contribution is -1.95. The highest BCUT2D eigenvalue weighted by atomic mass is 79.9. The molecule has 0 aliphatic heterocycles. The Balaban J connectivity index is 2.35. The lowest BCUT2D eigenvalue weighted by molar-refractivity contribution is 0.620. The molecule has 1 heterocycles. The zero-order chi connectivity index (χ0) is 14.4. The quantitative estimate of drug-likeness (QED) is 0.512. The molecule has 0 amide bonds. The maximum Gasteiger partial charge on any atom is 0.182 e. The number of hydrogen-bond donors (Lipinski definition) is 1. The minimum atomic E-state index is -0.362. The lowest BCUT2D eigenvalue weighted by atomic mass is 10.2. The zero-order valence-electron chi connectivity index (χ0n) is 9.75. The van der Waals surface area contributed by atoms with Crippen LogP contribution in [-0.2, 0) is 0 Å². The third-order valence-electron chi connectivity index (χ3n) is 2.89. The van der Waals surface area contributed by atoms with E-state index in [4.69, 9.17) is 35.4 Å². The van der Waals surface area contributed by atoms with Gasteiger partial charge in [0.2, 0.25) is 0 Å². The second-order valence-electron chi connectivity index (χ2n) is 4.15. The summed E-state index contributed by atoms with van der Waals surface area (Å²) in [6, 6.07) is 8.18. The van der Waals surface area contributed by atoms with Gasteiger partial charge in [-0.15, -0.1) is 0 Å². The summed E-state index contributed by atoms with van der Waals surface area (Å²) >= 11 is 20.4. The molecule has 0 unspecified atom stereocenters. The van der Waals surface area contributed by atoms with Crippen LogP contribution in [0.2, 0.25) is 10.0 Å². The standard InChI is InChI=1S/C13H6BrCl2FN2S/c14-7-2-1-6(3-10(7)17)19-12-5-9(16)8(15)4-11(12)18-13(19)20/h1-5H,(H,18,20). The van der Waals surface area contributed by atoms with Gasteiger partial charge in [0.25, 0.3) is 0 Å². The highest BCUT2D eigenvalue weighted by molar-refractivity contribution is 9.10. The van der Waals surface area contributed by atoms with E-state index in [1.165, 1.54) is 6.07 Å². The van der Waals surface area contributed by atoms with Gasteiger partial charge in [0.15, 0.2) is 4.77 Å². The average Bonchev–Trinajstić information content (AvgIpc) is 2.69. The van der Waals surface area contributed by atoms with E-state index in [2.05, 4.69) is 20.9 Å². The first-order chi connectivity index (χ1) is 9.47. The predicted molar refractivity (Wildman–Crippen MR) is 86.1 cm³/mol. The van der Waals surface area contributed by atoms with Gasteiger partial charge in [-0.3, -0.25) is 4.57 Å². The third-order valence-corrected chi connectivity index (χ3v) is 4.54. The van der Waals surface area contributed by atoms with Crippen LogP contribution in [0.25, 0.3) is 16.7 Å². The number of benzene rings is 2. The summed E-state index contributed by atoms with van der Waals surface area (Å²) in [7, 11) is 0. The van der Waals surface area contributed by atoms with Gasteiger partial charge in [-0.2, -0.15) is 0 Å². The molecule has 102 valence electrons. The molecular weight excluding hydrogens is 386 g/mol. The molecule has 0 saturated heterocycles. The van der Waals surface area contributed by atoms with Crippen LogP contribution in [-0.4, -0.2) is 9.55 Å². The van der Waals surface area contributed by atoms with Crippen molar-refractivity contribution in [3.8, 4) is 5.69 Å². The van der Waals surface area contributed by atoms with Crippen molar-refractivity contribution in [1.29, 1.82) is 0 Å². The van der Waals surface area contributed by atoms with E-state index in [0.29, 0.717) is 25.0 Å². The predicted octanol–water partition coefficient (Wildman–Crippen LogP) is 5.90. The van der Waals surface area contributed by atoms with Crippen molar-refractivity contribution in [2.75, 3.05) is 0 Å².